The van der Waals surface area contributed by atoms with Gasteiger partial charge in [0.25, 0.3) is 0 Å². The fourth-order valence-electron chi connectivity index (χ4n) is 1.21. The van der Waals surface area contributed by atoms with Crippen molar-refractivity contribution in [2.24, 2.45) is 0 Å². The highest BCUT2D eigenvalue weighted by Gasteiger charge is 2.01. The van der Waals surface area contributed by atoms with Gasteiger partial charge in [0.05, 0.1) is 18.1 Å². The number of ether oxygens (including phenoxy) is 1. The maximum absolute atomic E-state index is 5.84. The van der Waals surface area contributed by atoms with Crippen LogP contribution in [-0.2, 0) is 6.61 Å². The molecule has 0 saturated carbocycles. The molecule has 1 aromatic heterocycles. The topological polar surface area (TPSA) is 61.0 Å². The Labute approximate surface area is 108 Å². The second-order valence-corrected chi connectivity index (χ2v) is 4.20. The lowest BCUT2D eigenvalue weighted by Crippen LogP contribution is -2.00. The first-order chi connectivity index (χ1) is 8.13. The Balaban J connectivity index is 2.04. The molecule has 0 aliphatic rings. The SMILES string of the molecule is Nc1cnc(COc2cc(Cl)cc(Cl)c2)cn1. The van der Waals surface area contributed by atoms with Crippen molar-refractivity contribution in [3.63, 3.8) is 0 Å². The maximum atomic E-state index is 5.84. The van der Waals surface area contributed by atoms with E-state index in [9.17, 15) is 0 Å². The van der Waals surface area contributed by atoms with Crippen LogP contribution < -0.4 is 10.5 Å². The molecule has 0 radical (unpaired) electrons. The molecule has 0 unspecified atom stereocenters. The molecule has 2 aromatic rings. The Hall–Kier alpha value is -1.52. The van der Waals surface area contributed by atoms with Gasteiger partial charge in [0.15, 0.2) is 0 Å². The van der Waals surface area contributed by atoms with E-state index in [0.29, 0.717) is 27.3 Å². The number of nitrogens with two attached hydrogens (primary N) is 1. The fourth-order valence-corrected chi connectivity index (χ4v) is 1.71. The van der Waals surface area contributed by atoms with Crippen LogP contribution in [0.1, 0.15) is 5.69 Å². The first-order valence-corrected chi connectivity index (χ1v) is 5.54. The zero-order valence-corrected chi connectivity index (χ0v) is 10.2. The van der Waals surface area contributed by atoms with Gasteiger partial charge in [0, 0.05) is 10.0 Å². The van der Waals surface area contributed by atoms with Crippen molar-refractivity contribution in [2.75, 3.05) is 5.73 Å². The standard InChI is InChI=1S/C11H9Cl2N3O/c12-7-1-8(13)3-10(2-7)17-6-9-4-16-11(14)5-15-9/h1-5H,6H2,(H2,14,16). The minimum atomic E-state index is 0.282. The Kier molecular flexibility index (Phi) is 3.66. The van der Waals surface area contributed by atoms with Gasteiger partial charge in [-0.2, -0.15) is 0 Å². The van der Waals surface area contributed by atoms with Gasteiger partial charge >= 0.3 is 0 Å². The molecule has 0 aliphatic carbocycles. The van der Waals surface area contributed by atoms with Crippen LogP contribution in [-0.4, -0.2) is 9.97 Å². The molecular weight excluding hydrogens is 261 g/mol. The normalized spacial score (nSPS) is 10.2. The molecule has 0 atom stereocenters. The highest BCUT2D eigenvalue weighted by atomic mass is 35.5. The number of nitrogen functional groups attached to an aromatic ring is 1. The van der Waals surface area contributed by atoms with Gasteiger partial charge in [0.1, 0.15) is 18.2 Å². The number of hydrogen-bond donors (Lipinski definition) is 1. The summed E-state index contributed by atoms with van der Waals surface area (Å²) in [4.78, 5) is 7.97. The van der Waals surface area contributed by atoms with E-state index in [-0.39, 0.29) is 6.61 Å². The lowest BCUT2D eigenvalue weighted by Gasteiger charge is -2.06. The monoisotopic (exact) mass is 269 g/mol. The number of anilines is 1. The Morgan fingerprint density at radius 3 is 2.35 bits per heavy atom. The molecule has 0 amide bonds. The average molecular weight is 270 g/mol. The van der Waals surface area contributed by atoms with Crippen molar-refractivity contribution in [3.8, 4) is 5.75 Å². The van der Waals surface area contributed by atoms with Crippen molar-refractivity contribution in [2.45, 2.75) is 6.61 Å². The van der Waals surface area contributed by atoms with E-state index < -0.39 is 0 Å². The number of aromatic nitrogens is 2. The molecule has 1 heterocycles. The van der Waals surface area contributed by atoms with Crippen LogP contribution in [0.2, 0.25) is 10.0 Å². The van der Waals surface area contributed by atoms with Gasteiger partial charge in [-0.25, -0.2) is 4.98 Å². The molecule has 6 heteroatoms. The summed E-state index contributed by atoms with van der Waals surface area (Å²) in [5.74, 6) is 0.959. The maximum Gasteiger partial charge on any atom is 0.141 e. The summed E-state index contributed by atoms with van der Waals surface area (Å²) in [5.41, 5.74) is 6.10. The van der Waals surface area contributed by atoms with Gasteiger partial charge in [-0.05, 0) is 18.2 Å². The number of hydrogen-bond acceptors (Lipinski definition) is 4. The molecule has 4 nitrogen and oxygen atoms in total. The van der Waals surface area contributed by atoms with Gasteiger partial charge in [-0.15, -0.1) is 0 Å². The van der Waals surface area contributed by atoms with E-state index in [4.69, 9.17) is 33.7 Å². The summed E-state index contributed by atoms with van der Waals surface area (Å²) in [6.45, 7) is 0.282. The van der Waals surface area contributed by atoms with Crippen LogP contribution in [0.4, 0.5) is 5.82 Å². The van der Waals surface area contributed by atoms with E-state index in [1.165, 1.54) is 6.20 Å². The van der Waals surface area contributed by atoms with Gasteiger partial charge in [0.2, 0.25) is 0 Å². The van der Waals surface area contributed by atoms with Gasteiger partial charge < -0.3 is 10.5 Å². The summed E-state index contributed by atoms with van der Waals surface area (Å²) in [7, 11) is 0. The largest absolute Gasteiger partial charge is 0.487 e. The third-order valence-electron chi connectivity index (χ3n) is 1.95. The number of halogens is 2. The van der Waals surface area contributed by atoms with E-state index in [1.54, 1.807) is 24.4 Å². The second-order valence-electron chi connectivity index (χ2n) is 3.33. The van der Waals surface area contributed by atoms with Gasteiger partial charge in [-0.3, -0.25) is 4.98 Å². The smallest absolute Gasteiger partial charge is 0.141 e. The average Bonchev–Trinajstić information content (AvgIpc) is 2.27. The lowest BCUT2D eigenvalue weighted by molar-refractivity contribution is 0.301. The summed E-state index contributed by atoms with van der Waals surface area (Å²) in [5, 5.41) is 1.05. The van der Waals surface area contributed by atoms with Crippen LogP contribution in [0.5, 0.6) is 5.75 Å². The Morgan fingerprint density at radius 2 is 1.76 bits per heavy atom. The lowest BCUT2D eigenvalue weighted by atomic mass is 10.3. The van der Waals surface area contributed by atoms with E-state index in [0.717, 1.165) is 0 Å². The first kappa shape index (κ1) is 12.0. The van der Waals surface area contributed by atoms with E-state index in [1.807, 2.05) is 0 Å². The van der Waals surface area contributed by atoms with Crippen LogP contribution >= 0.6 is 23.2 Å². The molecule has 2 rings (SSSR count). The van der Waals surface area contributed by atoms with Gasteiger partial charge in [-0.1, -0.05) is 23.2 Å². The highest BCUT2D eigenvalue weighted by molar-refractivity contribution is 6.34. The third-order valence-corrected chi connectivity index (χ3v) is 2.38. The predicted molar refractivity (Wildman–Crippen MR) is 67.2 cm³/mol. The molecule has 0 bridgehead atoms. The minimum Gasteiger partial charge on any atom is -0.487 e. The predicted octanol–water partition coefficient (Wildman–Crippen LogP) is 2.94. The zero-order chi connectivity index (χ0) is 12.3. The summed E-state index contributed by atoms with van der Waals surface area (Å²) in [6, 6.07) is 5.00. The summed E-state index contributed by atoms with van der Waals surface area (Å²) >= 11 is 11.7. The summed E-state index contributed by atoms with van der Waals surface area (Å²) < 4.78 is 5.48. The van der Waals surface area contributed by atoms with Crippen molar-refractivity contribution in [3.05, 3.63) is 46.3 Å². The van der Waals surface area contributed by atoms with E-state index in [2.05, 4.69) is 9.97 Å². The van der Waals surface area contributed by atoms with Crippen LogP contribution in [0.3, 0.4) is 0 Å². The van der Waals surface area contributed by atoms with Crippen molar-refractivity contribution < 1.29 is 4.74 Å². The zero-order valence-electron chi connectivity index (χ0n) is 8.73. The van der Waals surface area contributed by atoms with Crippen molar-refractivity contribution >= 4 is 29.0 Å². The Bertz CT molecular complexity index is 496. The molecule has 17 heavy (non-hydrogen) atoms. The number of nitrogens with zero attached hydrogens (tertiary/aromatic N) is 2. The van der Waals surface area contributed by atoms with Crippen LogP contribution in [0, 0.1) is 0 Å². The second kappa shape index (κ2) is 5.21. The molecule has 1 aromatic carbocycles. The molecule has 0 aliphatic heterocycles. The quantitative estimate of drug-likeness (QED) is 0.931. The van der Waals surface area contributed by atoms with Crippen molar-refractivity contribution in [1.29, 1.82) is 0 Å². The summed E-state index contributed by atoms with van der Waals surface area (Å²) in [6.07, 6.45) is 3.03. The van der Waals surface area contributed by atoms with Crippen molar-refractivity contribution in [1.82, 2.24) is 9.97 Å². The first-order valence-electron chi connectivity index (χ1n) is 4.79. The third kappa shape index (κ3) is 3.47. The number of rotatable bonds is 3. The van der Waals surface area contributed by atoms with Crippen LogP contribution in [0.15, 0.2) is 30.6 Å². The molecular formula is C11H9Cl2N3O. The molecule has 88 valence electrons. The molecule has 0 saturated heterocycles. The number of benzene rings is 1. The molecule has 0 spiro atoms. The Morgan fingerprint density at radius 1 is 1.06 bits per heavy atom. The molecule has 2 N–H and O–H groups in total. The van der Waals surface area contributed by atoms with Crippen LogP contribution in [0.25, 0.3) is 0 Å². The molecule has 0 fully saturated rings. The highest BCUT2D eigenvalue weighted by Crippen LogP contribution is 2.24. The minimum absolute atomic E-state index is 0.282. The van der Waals surface area contributed by atoms with E-state index >= 15 is 0 Å². The fraction of sp³-hybridized carbons (Fsp3) is 0.0909.